The van der Waals surface area contributed by atoms with E-state index in [0.29, 0.717) is 11.4 Å². The van der Waals surface area contributed by atoms with Crippen LogP contribution in [-0.4, -0.2) is 13.1 Å². The first-order valence-corrected chi connectivity index (χ1v) is 7.14. The molecule has 0 radical (unpaired) electrons. The van der Waals surface area contributed by atoms with Crippen molar-refractivity contribution in [2.45, 2.75) is 32.1 Å². The monoisotopic (exact) mass is 245 g/mol. The highest BCUT2D eigenvalue weighted by atomic mass is 15.1. The first-order valence-electron chi connectivity index (χ1n) is 7.14. The first-order chi connectivity index (χ1) is 8.74. The van der Waals surface area contributed by atoms with E-state index in [1.54, 1.807) is 0 Å². The van der Waals surface area contributed by atoms with Gasteiger partial charge in [0.1, 0.15) is 0 Å². The van der Waals surface area contributed by atoms with Gasteiger partial charge < -0.3 is 16.4 Å². The van der Waals surface area contributed by atoms with Gasteiger partial charge >= 0.3 is 0 Å². The number of anilines is 3. The molecule has 98 valence electrons. The van der Waals surface area contributed by atoms with Gasteiger partial charge in [0.2, 0.25) is 0 Å². The predicted molar refractivity (Wildman–Crippen MR) is 77.5 cm³/mol. The van der Waals surface area contributed by atoms with Gasteiger partial charge in [-0.05, 0) is 42.9 Å². The molecular weight excluding hydrogens is 222 g/mol. The number of nitrogens with zero attached hydrogens (tertiary/aromatic N) is 1. The summed E-state index contributed by atoms with van der Waals surface area (Å²) in [5.74, 6) is 1.87. The Bertz CT molecular complexity index is 430. The highest BCUT2D eigenvalue weighted by molar-refractivity contribution is 5.69. The summed E-state index contributed by atoms with van der Waals surface area (Å²) in [6, 6.07) is 6.06. The van der Waals surface area contributed by atoms with Crippen LogP contribution in [0.5, 0.6) is 0 Å². The molecule has 2 atom stereocenters. The number of benzene rings is 1. The van der Waals surface area contributed by atoms with E-state index in [-0.39, 0.29) is 0 Å². The Kier molecular flexibility index (Phi) is 3.06. The first kappa shape index (κ1) is 11.7. The molecule has 0 aromatic heterocycles. The van der Waals surface area contributed by atoms with Crippen LogP contribution in [-0.2, 0) is 0 Å². The number of hydrogen-bond acceptors (Lipinski definition) is 3. The maximum atomic E-state index is 5.91. The summed E-state index contributed by atoms with van der Waals surface area (Å²) in [5, 5.41) is 0. The van der Waals surface area contributed by atoms with Crippen molar-refractivity contribution in [1.82, 2.24) is 0 Å². The van der Waals surface area contributed by atoms with Gasteiger partial charge in [0.15, 0.2) is 0 Å². The van der Waals surface area contributed by atoms with E-state index in [2.05, 4.69) is 11.0 Å². The maximum absolute atomic E-state index is 5.91. The summed E-state index contributed by atoms with van der Waals surface area (Å²) in [4.78, 5) is 2.49. The molecule has 1 aliphatic heterocycles. The van der Waals surface area contributed by atoms with Crippen molar-refractivity contribution in [3.63, 3.8) is 0 Å². The van der Waals surface area contributed by atoms with Crippen molar-refractivity contribution in [1.29, 1.82) is 0 Å². The second-order valence-electron chi connectivity index (χ2n) is 5.85. The minimum atomic E-state index is 0.686. The van der Waals surface area contributed by atoms with Crippen LogP contribution in [0.3, 0.4) is 0 Å². The summed E-state index contributed by atoms with van der Waals surface area (Å²) < 4.78 is 0. The van der Waals surface area contributed by atoms with Crippen LogP contribution in [0.4, 0.5) is 17.1 Å². The molecule has 4 N–H and O–H groups in total. The SMILES string of the molecule is Nc1ccc(N2CCC3CCCCC3C2)cc1N. The molecule has 0 bridgehead atoms. The molecule has 2 unspecified atom stereocenters. The maximum Gasteiger partial charge on any atom is 0.0568 e. The Morgan fingerprint density at radius 2 is 1.72 bits per heavy atom. The second kappa shape index (κ2) is 4.71. The molecule has 1 aromatic rings. The largest absolute Gasteiger partial charge is 0.397 e. The number of nitrogen functional groups attached to an aromatic ring is 2. The Morgan fingerprint density at radius 1 is 0.944 bits per heavy atom. The Balaban J connectivity index is 1.75. The van der Waals surface area contributed by atoms with Crippen molar-refractivity contribution >= 4 is 17.1 Å². The van der Waals surface area contributed by atoms with Crippen molar-refractivity contribution < 1.29 is 0 Å². The smallest absolute Gasteiger partial charge is 0.0568 e. The van der Waals surface area contributed by atoms with E-state index in [0.717, 1.165) is 11.8 Å². The molecular formula is C15H23N3. The normalized spacial score (nSPS) is 27.9. The average Bonchev–Trinajstić information content (AvgIpc) is 2.41. The summed E-state index contributed by atoms with van der Waals surface area (Å²) in [6.07, 6.45) is 7.05. The molecule has 3 rings (SSSR count). The van der Waals surface area contributed by atoms with Gasteiger partial charge in [-0.25, -0.2) is 0 Å². The second-order valence-corrected chi connectivity index (χ2v) is 5.85. The molecule has 3 heteroatoms. The van der Waals surface area contributed by atoms with E-state index in [4.69, 9.17) is 11.5 Å². The van der Waals surface area contributed by atoms with Gasteiger partial charge in [-0.15, -0.1) is 0 Å². The van der Waals surface area contributed by atoms with E-state index < -0.39 is 0 Å². The number of piperidine rings is 1. The molecule has 0 spiro atoms. The lowest BCUT2D eigenvalue weighted by atomic mass is 9.75. The molecule has 1 aliphatic carbocycles. The Morgan fingerprint density at radius 3 is 2.50 bits per heavy atom. The van der Waals surface area contributed by atoms with E-state index in [1.165, 1.54) is 50.9 Å². The van der Waals surface area contributed by atoms with Gasteiger partial charge in [0, 0.05) is 18.8 Å². The van der Waals surface area contributed by atoms with Gasteiger partial charge in [-0.2, -0.15) is 0 Å². The summed E-state index contributed by atoms with van der Waals surface area (Å²) in [7, 11) is 0. The van der Waals surface area contributed by atoms with E-state index >= 15 is 0 Å². The molecule has 1 aromatic carbocycles. The standard InChI is InChI=1S/C15H23N3/c16-14-6-5-13(9-15(14)17)18-8-7-11-3-1-2-4-12(11)10-18/h5-6,9,11-12H,1-4,7-8,10,16-17H2. The number of fused-ring (bicyclic) bond motifs is 1. The quantitative estimate of drug-likeness (QED) is 0.748. The van der Waals surface area contributed by atoms with Crippen molar-refractivity contribution in [2.75, 3.05) is 29.5 Å². The fourth-order valence-electron chi connectivity index (χ4n) is 3.59. The molecule has 0 amide bonds. The fraction of sp³-hybridized carbons (Fsp3) is 0.600. The van der Waals surface area contributed by atoms with Gasteiger partial charge in [0.05, 0.1) is 11.4 Å². The lowest BCUT2D eigenvalue weighted by molar-refractivity contribution is 0.202. The minimum Gasteiger partial charge on any atom is -0.397 e. The fourth-order valence-corrected chi connectivity index (χ4v) is 3.59. The number of rotatable bonds is 1. The van der Waals surface area contributed by atoms with Crippen LogP contribution < -0.4 is 16.4 Å². The van der Waals surface area contributed by atoms with Crippen molar-refractivity contribution in [3.8, 4) is 0 Å². The van der Waals surface area contributed by atoms with Crippen LogP contribution in [0.2, 0.25) is 0 Å². The molecule has 1 saturated carbocycles. The zero-order chi connectivity index (χ0) is 12.5. The van der Waals surface area contributed by atoms with E-state index in [9.17, 15) is 0 Å². The average molecular weight is 245 g/mol. The third-order valence-electron chi connectivity index (χ3n) is 4.73. The molecule has 1 heterocycles. The molecule has 3 nitrogen and oxygen atoms in total. The molecule has 18 heavy (non-hydrogen) atoms. The number of nitrogens with two attached hydrogens (primary N) is 2. The number of hydrogen-bond donors (Lipinski definition) is 2. The highest BCUT2D eigenvalue weighted by Gasteiger charge is 2.31. The topological polar surface area (TPSA) is 55.3 Å². The molecule has 2 aliphatic rings. The van der Waals surface area contributed by atoms with Gasteiger partial charge in [-0.1, -0.05) is 19.3 Å². The summed E-state index contributed by atoms with van der Waals surface area (Å²) in [5.41, 5.74) is 14.3. The lowest BCUT2D eigenvalue weighted by Crippen LogP contribution is -2.41. The van der Waals surface area contributed by atoms with Crippen LogP contribution in [0.25, 0.3) is 0 Å². The summed E-state index contributed by atoms with van der Waals surface area (Å²) in [6.45, 7) is 2.37. The third-order valence-corrected chi connectivity index (χ3v) is 4.73. The van der Waals surface area contributed by atoms with Gasteiger partial charge in [0.25, 0.3) is 0 Å². The summed E-state index contributed by atoms with van der Waals surface area (Å²) >= 11 is 0. The Hall–Kier alpha value is -1.38. The molecule has 1 saturated heterocycles. The minimum absolute atomic E-state index is 0.686. The van der Waals surface area contributed by atoms with Crippen LogP contribution in [0.1, 0.15) is 32.1 Å². The van der Waals surface area contributed by atoms with E-state index in [1.807, 2.05) is 12.1 Å². The van der Waals surface area contributed by atoms with Crippen molar-refractivity contribution in [2.24, 2.45) is 11.8 Å². The highest BCUT2D eigenvalue weighted by Crippen LogP contribution is 2.38. The zero-order valence-corrected chi connectivity index (χ0v) is 10.9. The van der Waals surface area contributed by atoms with Crippen LogP contribution in [0, 0.1) is 11.8 Å². The Labute approximate surface area is 109 Å². The predicted octanol–water partition coefficient (Wildman–Crippen LogP) is 2.87. The molecule has 2 fully saturated rings. The lowest BCUT2D eigenvalue weighted by Gasteiger charge is -2.42. The van der Waals surface area contributed by atoms with Crippen LogP contribution >= 0.6 is 0 Å². The third kappa shape index (κ3) is 2.14. The van der Waals surface area contributed by atoms with Crippen molar-refractivity contribution in [3.05, 3.63) is 18.2 Å². The zero-order valence-electron chi connectivity index (χ0n) is 10.9. The van der Waals surface area contributed by atoms with Gasteiger partial charge in [-0.3, -0.25) is 0 Å². The van der Waals surface area contributed by atoms with Crippen LogP contribution in [0.15, 0.2) is 18.2 Å².